The van der Waals surface area contributed by atoms with E-state index in [1.165, 1.54) is 25.3 Å². The van der Waals surface area contributed by atoms with Crippen molar-refractivity contribution in [2.75, 3.05) is 20.2 Å². The molecule has 0 radical (unpaired) electrons. The Morgan fingerprint density at radius 3 is 2.85 bits per heavy atom. The predicted molar refractivity (Wildman–Crippen MR) is 93.8 cm³/mol. The van der Waals surface area contributed by atoms with E-state index >= 15 is 0 Å². The van der Waals surface area contributed by atoms with Crippen molar-refractivity contribution in [3.05, 3.63) is 58.2 Å². The van der Waals surface area contributed by atoms with Crippen molar-refractivity contribution in [3.8, 4) is 0 Å². The standard InChI is InChI=1S/C20H19FN2O4/c1-27-20(26)17-15(11-4-2-5-12(21)10-11)16-13(6-3-7-14(16)24)23-9-8-22-19(25)18(17)23/h2,4-5,10,15H,3,6-9H2,1H3,(H,22,25)/t15-/m0/s1. The second-order valence-corrected chi connectivity index (χ2v) is 6.79. The molecule has 6 nitrogen and oxygen atoms in total. The summed E-state index contributed by atoms with van der Waals surface area (Å²) in [5, 5.41) is 2.75. The number of fused-ring (bicyclic) bond motifs is 2. The molecule has 0 bridgehead atoms. The second-order valence-electron chi connectivity index (χ2n) is 6.79. The van der Waals surface area contributed by atoms with E-state index in [4.69, 9.17) is 4.74 Å². The van der Waals surface area contributed by atoms with E-state index in [-0.39, 0.29) is 23.0 Å². The van der Waals surface area contributed by atoms with E-state index in [1.54, 1.807) is 11.0 Å². The summed E-state index contributed by atoms with van der Waals surface area (Å²) >= 11 is 0. The zero-order valence-corrected chi connectivity index (χ0v) is 14.9. The van der Waals surface area contributed by atoms with Crippen LogP contribution in [0.15, 0.2) is 46.8 Å². The number of amides is 1. The molecule has 1 aliphatic carbocycles. The molecule has 1 aromatic rings. The van der Waals surface area contributed by atoms with Gasteiger partial charge in [0.05, 0.1) is 12.7 Å². The molecular weight excluding hydrogens is 351 g/mol. The Labute approximate surface area is 155 Å². The zero-order chi connectivity index (χ0) is 19.1. The zero-order valence-electron chi connectivity index (χ0n) is 14.9. The fourth-order valence-corrected chi connectivity index (χ4v) is 4.22. The van der Waals surface area contributed by atoms with Crippen LogP contribution in [0.5, 0.6) is 0 Å². The summed E-state index contributed by atoms with van der Waals surface area (Å²) in [5.41, 5.74) is 2.00. The largest absolute Gasteiger partial charge is 0.466 e. The number of benzene rings is 1. The molecule has 0 saturated carbocycles. The molecule has 7 heteroatoms. The average molecular weight is 370 g/mol. The summed E-state index contributed by atoms with van der Waals surface area (Å²) in [7, 11) is 1.23. The molecule has 0 spiro atoms. The molecular formula is C20H19FN2O4. The van der Waals surface area contributed by atoms with Gasteiger partial charge in [0.25, 0.3) is 5.91 Å². The second kappa shape index (κ2) is 6.64. The molecule has 1 N–H and O–H groups in total. The molecule has 0 unspecified atom stereocenters. The van der Waals surface area contributed by atoms with Gasteiger partial charge in [-0.3, -0.25) is 9.59 Å². The third-order valence-corrected chi connectivity index (χ3v) is 5.28. The lowest BCUT2D eigenvalue weighted by molar-refractivity contribution is -0.137. The number of nitrogens with one attached hydrogen (secondary N) is 1. The minimum Gasteiger partial charge on any atom is -0.466 e. The maximum absolute atomic E-state index is 13.9. The molecule has 1 fully saturated rings. The number of Topliss-reactive ketones (excluding diaryl/α,β-unsaturated/α-hetero) is 1. The number of carbonyl (C=O) groups is 3. The number of rotatable bonds is 2. The maximum atomic E-state index is 13.9. The summed E-state index contributed by atoms with van der Waals surface area (Å²) < 4.78 is 18.9. The van der Waals surface area contributed by atoms with Crippen molar-refractivity contribution in [3.63, 3.8) is 0 Å². The van der Waals surface area contributed by atoms with Crippen molar-refractivity contribution < 1.29 is 23.5 Å². The first-order chi connectivity index (χ1) is 13.0. The van der Waals surface area contributed by atoms with Crippen molar-refractivity contribution in [2.24, 2.45) is 0 Å². The first-order valence-electron chi connectivity index (χ1n) is 8.93. The maximum Gasteiger partial charge on any atom is 0.337 e. The van der Waals surface area contributed by atoms with Crippen LogP contribution < -0.4 is 5.32 Å². The summed E-state index contributed by atoms with van der Waals surface area (Å²) in [6, 6.07) is 5.80. The topological polar surface area (TPSA) is 75.7 Å². The molecule has 27 heavy (non-hydrogen) atoms. The first-order valence-corrected chi connectivity index (χ1v) is 8.93. The number of allylic oxidation sites excluding steroid dienone is 2. The Hall–Kier alpha value is -2.96. The van der Waals surface area contributed by atoms with Gasteiger partial charge in [-0.1, -0.05) is 12.1 Å². The Morgan fingerprint density at radius 1 is 1.30 bits per heavy atom. The van der Waals surface area contributed by atoms with Crippen molar-refractivity contribution in [1.29, 1.82) is 0 Å². The van der Waals surface area contributed by atoms with Crippen LogP contribution in [0.4, 0.5) is 4.39 Å². The predicted octanol–water partition coefficient (Wildman–Crippen LogP) is 1.79. The lowest BCUT2D eigenvalue weighted by atomic mass is 9.74. The average Bonchev–Trinajstić information content (AvgIpc) is 2.67. The van der Waals surface area contributed by atoms with Crippen LogP contribution in [0, 0.1) is 5.82 Å². The van der Waals surface area contributed by atoms with Gasteiger partial charge >= 0.3 is 5.97 Å². The first kappa shape index (κ1) is 17.5. The quantitative estimate of drug-likeness (QED) is 0.804. The molecule has 0 aromatic heterocycles. The van der Waals surface area contributed by atoms with Crippen molar-refractivity contribution >= 4 is 17.7 Å². The van der Waals surface area contributed by atoms with Gasteiger partial charge in [0.1, 0.15) is 11.5 Å². The van der Waals surface area contributed by atoms with Crippen LogP contribution in [0.25, 0.3) is 0 Å². The highest BCUT2D eigenvalue weighted by Crippen LogP contribution is 2.46. The Balaban J connectivity index is 2.02. The molecule has 1 atom stereocenters. The monoisotopic (exact) mass is 370 g/mol. The van der Waals surface area contributed by atoms with Gasteiger partial charge in [0.15, 0.2) is 5.78 Å². The van der Waals surface area contributed by atoms with E-state index in [2.05, 4.69) is 5.32 Å². The number of halogens is 1. The van der Waals surface area contributed by atoms with Gasteiger partial charge in [-0.05, 0) is 30.5 Å². The van der Waals surface area contributed by atoms with Gasteiger partial charge in [-0.25, -0.2) is 9.18 Å². The molecule has 2 heterocycles. The van der Waals surface area contributed by atoms with Gasteiger partial charge in [0, 0.05) is 36.7 Å². The number of hydrogen-bond acceptors (Lipinski definition) is 5. The van der Waals surface area contributed by atoms with Crippen molar-refractivity contribution in [1.82, 2.24) is 10.2 Å². The molecule has 4 rings (SSSR count). The van der Waals surface area contributed by atoms with E-state index in [1.807, 2.05) is 0 Å². The highest BCUT2D eigenvalue weighted by atomic mass is 19.1. The van der Waals surface area contributed by atoms with Crippen molar-refractivity contribution in [2.45, 2.75) is 25.2 Å². The molecule has 3 aliphatic rings. The van der Waals surface area contributed by atoms with Crippen LogP contribution in [0.3, 0.4) is 0 Å². The minimum absolute atomic E-state index is 0.0723. The molecule has 2 aliphatic heterocycles. The number of nitrogens with zero attached hydrogens (tertiary/aromatic N) is 1. The van der Waals surface area contributed by atoms with Gasteiger partial charge in [0.2, 0.25) is 0 Å². The molecule has 1 aromatic carbocycles. The summed E-state index contributed by atoms with van der Waals surface area (Å²) in [6.45, 7) is 0.899. The molecule has 1 amide bonds. The minimum atomic E-state index is -0.814. The number of ether oxygens (including phenoxy) is 1. The summed E-state index contributed by atoms with van der Waals surface area (Å²) in [5.74, 6) is -2.43. The Morgan fingerprint density at radius 2 is 2.11 bits per heavy atom. The fourth-order valence-electron chi connectivity index (χ4n) is 4.22. The van der Waals surface area contributed by atoms with Gasteiger partial charge < -0.3 is 15.0 Å². The molecule has 140 valence electrons. The van der Waals surface area contributed by atoms with E-state index in [9.17, 15) is 18.8 Å². The van der Waals surface area contributed by atoms with Crippen LogP contribution in [-0.4, -0.2) is 42.8 Å². The van der Waals surface area contributed by atoms with Gasteiger partial charge in [-0.15, -0.1) is 0 Å². The number of piperazine rings is 1. The number of carbonyl (C=O) groups excluding carboxylic acids is 3. The summed E-state index contributed by atoms with van der Waals surface area (Å²) in [6.07, 6.45) is 1.69. The van der Waals surface area contributed by atoms with Crippen LogP contribution in [-0.2, 0) is 19.1 Å². The number of methoxy groups -OCH3 is 1. The molecule has 1 saturated heterocycles. The summed E-state index contributed by atoms with van der Waals surface area (Å²) in [4.78, 5) is 40.0. The smallest absolute Gasteiger partial charge is 0.337 e. The lowest BCUT2D eigenvalue weighted by Gasteiger charge is -2.43. The number of ketones is 1. The SMILES string of the molecule is COC(=O)C1=C2C(=O)NCCN2C2=C(C(=O)CCC2)[C@@H]1c1cccc(F)c1. The van der Waals surface area contributed by atoms with E-state index in [0.717, 1.165) is 5.70 Å². The normalized spacial score (nSPS) is 22.3. The van der Waals surface area contributed by atoms with Crippen LogP contribution >= 0.6 is 0 Å². The third kappa shape index (κ3) is 2.74. The van der Waals surface area contributed by atoms with E-state index in [0.29, 0.717) is 43.5 Å². The highest BCUT2D eigenvalue weighted by molar-refractivity contribution is 6.09. The third-order valence-electron chi connectivity index (χ3n) is 5.28. The number of esters is 1. The van der Waals surface area contributed by atoms with Crippen LogP contribution in [0.1, 0.15) is 30.7 Å². The highest BCUT2D eigenvalue weighted by Gasteiger charge is 2.45. The van der Waals surface area contributed by atoms with E-state index < -0.39 is 17.7 Å². The number of hydrogen-bond donors (Lipinski definition) is 1. The van der Waals surface area contributed by atoms with Crippen LogP contribution in [0.2, 0.25) is 0 Å². The Kier molecular flexibility index (Phi) is 4.30. The lowest BCUT2D eigenvalue weighted by Crippen LogP contribution is -2.50. The Bertz CT molecular complexity index is 918. The fraction of sp³-hybridized carbons (Fsp3) is 0.350. The van der Waals surface area contributed by atoms with Gasteiger partial charge in [-0.2, -0.15) is 0 Å².